The van der Waals surface area contributed by atoms with Gasteiger partial charge in [-0.1, -0.05) is 33.1 Å². The molecular weight excluding hydrogens is 210 g/mol. The number of nitrogens with two attached hydrogens (primary N) is 1. The summed E-state index contributed by atoms with van der Waals surface area (Å²) in [5.74, 6) is 2.22. The molecule has 0 radical (unpaired) electrons. The third kappa shape index (κ3) is 3.69. The first-order valence-corrected chi connectivity index (χ1v) is 7.54. The Morgan fingerprint density at radius 1 is 1.06 bits per heavy atom. The summed E-state index contributed by atoms with van der Waals surface area (Å²) in [7, 11) is 0. The van der Waals surface area contributed by atoms with E-state index in [2.05, 4.69) is 13.8 Å². The molecule has 17 heavy (non-hydrogen) atoms. The second kappa shape index (κ2) is 6.19. The van der Waals surface area contributed by atoms with Crippen LogP contribution in [-0.4, -0.2) is 18.8 Å². The highest BCUT2D eigenvalue weighted by Gasteiger charge is 2.32. The summed E-state index contributed by atoms with van der Waals surface area (Å²) in [5, 5.41) is 0. The van der Waals surface area contributed by atoms with Crippen molar-refractivity contribution in [2.45, 2.75) is 70.9 Å². The molecule has 0 amide bonds. The molecule has 2 nitrogen and oxygen atoms in total. The van der Waals surface area contributed by atoms with Gasteiger partial charge in [0.15, 0.2) is 0 Å². The number of hydrogen-bond acceptors (Lipinski definition) is 2. The Morgan fingerprint density at radius 2 is 1.76 bits per heavy atom. The highest BCUT2D eigenvalue weighted by Crippen LogP contribution is 2.31. The van der Waals surface area contributed by atoms with Crippen LogP contribution in [0.4, 0.5) is 0 Å². The quantitative estimate of drug-likeness (QED) is 0.819. The average molecular weight is 239 g/mol. The molecule has 0 bridgehead atoms. The van der Waals surface area contributed by atoms with Gasteiger partial charge in [-0.15, -0.1) is 0 Å². The molecule has 4 atom stereocenters. The van der Waals surface area contributed by atoms with Crippen LogP contribution < -0.4 is 5.73 Å². The SMILES string of the molecule is CC1CC(C)C(OCC2CCCCC2)C(N)C1. The van der Waals surface area contributed by atoms with Crippen molar-refractivity contribution in [3.63, 3.8) is 0 Å². The van der Waals surface area contributed by atoms with Gasteiger partial charge in [0.05, 0.1) is 6.10 Å². The molecule has 0 saturated heterocycles. The fourth-order valence-corrected chi connectivity index (χ4v) is 3.77. The van der Waals surface area contributed by atoms with Crippen LogP contribution in [0.2, 0.25) is 0 Å². The van der Waals surface area contributed by atoms with Crippen molar-refractivity contribution < 1.29 is 4.74 Å². The van der Waals surface area contributed by atoms with E-state index in [1.54, 1.807) is 0 Å². The predicted octanol–water partition coefficient (Wildman–Crippen LogP) is 3.35. The molecule has 2 rings (SSSR count). The molecule has 0 aromatic rings. The maximum absolute atomic E-state index is 6.25. The lowest BCUT2D eigenvalue weighted by atomic mass is 9.78. The molecular formula is C15H29NO. The number of ether oxygens (including phenoxy) is 1. The van der Waals surface area contributed by atoms with Crippen molar-refractivity contribution in [2.75, 3.05) is 6.61 Å². The van der Waals surface area contributed by atoms with Gasteiger partial charge in [-0.2, -0.15) is 0 Å². The summed E-state index contributed by atoms with van der Waals surface area (Å²) in [6, 6.07) is 0.261. The molecule has 2 heteroatoms. The minimum absolute atomic E-state index is 0.261. The maximum atomic E-state index is 6.25. The summed E-state index contributed by atoms with van der Waals surface area (Å²) < 4.78 is 6.17. The minimum atomic E-state index is 0.261. The van der Waals surface area contributed by atoms with E-state index < -0.39 is 0 Å². The van der Waals surface area contributed by atoms with E-state index in [0.29, 0.717) is 12.0 Å². The molecule has 2 saturated carbocycles. The van der Waals surface area contributed by atoms with Gasteiger partial charge < -0.3 is 10.5 Å². The van der Waals surface area contributed by atoms with Crippen LogP contribution in [0.5, 0.6) is 0 Å². The summed E-state index contributed by atoms with van der Waals surface area (Å²) in [4.78, 5) is 0. The molecule has 0 aliphatic heterocycles. The molecule has 2 aliphatic rings. The summed E-state index contributed by atoms with van der Waals surface area (Å²) in [6.07, 6.45) is 9.69. The first-order chi connectivity index (χ1) is 8.16. The molecule has 0 spiro atoms. The lowest BCUT2D eigenvalue weighted by Crippen LogP contribution is -2.47. The van der Waals surface area contributed by atoms with E-state index in [4.69, 9.17) is 10.5 Å². The molecule has 2 aliphatic carbocycles. The van der Waals surface area contributed by atoms with E-state index in [9.17, 15) is 0 Å². The lowest BCUT2D eigenvalue weighted by Gasteiger charge is -2.38. The highest BCUT2D eigenvalue weighted by atomic mass is 16.5. The monoisotopic (exact) mass is 239 g/mol. The fraction of sp³-hybridized carbons (Fsp3) is 1.00. The van der Waals surface area contributed by atoms with Gasteiger partial charge in [-0.05, 0) is 43.4 Å². The molecule has 4 unspecified atom stereocenters. The Balaban J connectivity index is 1.76. The zero-order valence-electron chi connectivity index (χ0n) is 11.5. The summed E-state index contributed by atoms with van der Waals surface area (Å²) in [5.41, 5.74) is 6.25. The van der Waals surface area contributed by atoms with Crippen LogP contribution in [0.3, 0.4) is 0 Å². The van der Waals surface area contributed by atoms with Crippen molar-refractivity contribution in [1.82, 2.24) is 0 Å². The molecule has 0 heterocycles. The van der Waals surface area contributed by atoms with E-state index in [1.807, 2.05) is 0 Å². The van der Waals surface area contributed by atoms with Crippen LogP contribution in [0, 0.1) is 17.8 Å². The maximum Gasteiger partial charge on any atom is 0.0751 e. The number of rotatable bonds is 3. The summed E-state index contributed by atoms with van der Waals surface area (Å²) in [6.45, 7) is 5.58. The van der Waals surface area contributed by atoms with E-state index >= 15 is 0 Å². The van der Waals surface area contributed by atoms with Crippen LogP contribution >= 0.6 is 0 Å². The Hall–Kier alpha value is -0.0800. The largest absolute Gasteiger partial charge is 0.376 e. The van der Waals surface area contributed by atoms with Gasteiger partial charge in [0.25, 0.3) is 0 Å². The molecule has 2 N–H and O–H groups in total. The number of hydrogen-bond donors (Lipinski definition) is 1. The molecule has 2 fully saturated rings. The van der Waals surface area contributed by atoms with Crippen molar-refractivity contribution in [3.8, 4) is 0 Å². The van der Waals surface area contributed by atoms with Gasteiger partial charge in [0, 0.05) is 12.6 Å². The van der Waals surface area contributed by atoms with Crippen LogP contribution in [0.15, 0.2) is 0 Å². The van der Waals surface area contributed by atoms with Crippen LogP contribution in [0.1, 0.15) is 58.8 Å². The predicted molar refractivity (Wildman–Crippen MR) is 71.9 cm³/mol. The third-order valence-electron chi connectivity index (χ3n) is 4.68. The Bertz CT molecular complexity index is 213. The Kier molecular flexibility index (Phi) is 4.87. The fourth-order valence-electron chi connectivity index (χ4n) is 3.77. The van der Waals surface area contributed by atoms with Gasteiger partial charge in [0.2, 0.25) is 0 Å². The van der Waals surface area contributed by atoms with E-state index in [1.165, 1.54) is 38.5 Å². The average Bonchev–Trinajstić information content (AvgIpc) is 2.29. The lowest BCUT2D eigenvalue weighted by molar-refractivity contribution is -0.0464. The topological polar surface area (TPSA) is 35.2 Å². The third-order valence-corrected chi connectivity index (χ3v) is 4.68. The van der Waals surface area contributed by atoms with E-state index in [-0.39, 0.29) is 6.04 Å². The second-order valence-electron chi connectivity index (χ2n) is 6.52. The zero-order chi connectivity index (χ0) is 12.3. The smallest absolute Gasteiger partial charge is 0.0751 e. The standard InChI is InChI=1S/C15H29NO/c1-11-8-12(2)15(14(16)9-11)17-10-13-6-4-3-5-7-13/h11-15H,3-10,16H2,1-2H3. The van der Waals surface area contributed by atoms with Crippen molar-refractivity contribution in [2.24, 2.45) is 23.5 Å². The van der Waals surface area contributed by atoms with E-state index in [0.717, 1.165) is 24.9 Å². The van der Waals surface area contributed by atoms with Crippen molar-refractivity contribution >= 4 is 0 Å². The summed E-state index contributed by atoms with van der Waals surface area (Å²) >= 11 is 0. The van der Waals surface area contributed by atoms with Gasteiger partial charge in [0.1, 0.15) is 0 Å². The molecule has 100 valence electrons. The normalized spacial score (nSPS) is 40.4. The van der Waals surface area contributed by atoms with Gasteiger partial charge in [-0.25, -0.2) is 0 Å². The van der Waals surface area contributed by atoms with Crippen molar-refractivity contribution in [3.05, 3.63) is 0 Å². The highest BCUT2D eigenvalue weighted by molar-refractivity contribution is 4.86. The second-order valence-corrected chi connectivity index (χ2v) is 6.52. The van der Waals surface area contributed by atoms with Gasteiger partial charge in [-0.3, -0.25) is 0 Å². The Labute approximate surface area is 106 Å². The Morgan fingerprint density at radius 3 is 2.41 bits per heavy atom. The minimum Gasteiger partial charge on any atom is -0.376 e. The van der Waals surface area contributed by atoms with Crippen LogP contribution in [-0.2, 0) is 4.74 Å². The van der Waals surface area contributed by atoms with Crippen molar-refractivity contribution in [1.29, 1.82) is 0 Å². The first kappa shape index (κ1) is 13.4. The van der Waals surface area contributed by atoms with Gasteiger partial charge >= 0.3 is 0 Å². The first-order valence-electron chi connectivity index (χ1n) is 7.54. The molecule has 0 aromatic heterocycles. The van der Waals surface area contributed by atoms with Crippen LogP contribution in [0.25, 0.3) is 0 Å². The zero-order valence-corrected chi connectivity index (χ0v) is 11.5. The molecule has 0 aromatic carbocycles.